The van der Waals surface area contributed by atoms with Crippen LogP contribution in [0.4, 0.5) is 19.1 Å². The molecule has 2 aliphatic rings. The van der Waals surface area contributed by atoms with Gasteiger partial charge in [-0.3, -0.25) is 10.1 Å². The number of amides is 1. The number of aliphatic carboxylic acids is 1. The molecule has 1 saturated heterocycles. The summed E-state index contributed by atoms with van der Waals surface area (Å²) in [5.41, 5.74) is 1.33. The number of carbonyl (C=O) groups is 2. The SMILES string of the molecule is CC(C)(C)c1cnc(NC(=O)C2CC23CNC3)[nH]1.O=C(O)C(F)(F)F. The Morgan fingerprint density at radius 3 is 2.20 bits per heavy atom. The van der Waals surface area contributed by atoms with E-state index in [1.165, 1.54) is 0 Å². The van der Waals surface area contributed by atoms with Crippen molar-refractivity contribution in [2.45, 2.75) is 38.8 Å². The van der Waals surface area contributed by atoms with Gasteiger partial charge in [0.05, 0.1) is 6.20 Å². The largest absolute Gasteiger partial charge is 0.490 e. The summed E-state index contributed by atoms with van der Waals surface area (Å²) in [6.07, 6.45) is -2.28. The molecule has 3 rings (SSSR count). The molecule has 140 valence electrons. The van der Waals surface area contributed by atoms with E-state index in [2.05, 4.69) is 41.4 Å². The molecule has 1 amide bonds. The van der Waals surface area contributed by atoms with Crippen molar-refractivity contribution in [3.05, 3.63) is 11.9 Å². The summed E-state index contributed by atoms with van der Waals surface area (Å²) in [4.78, 5) is 28.3. The van der Waals surface area contributed by atoms with Crippen LogP contribution in [-0.2, 0) is 15.0 Å². The molecule has 1 aromatic heterocycles. The van der Waals surface area contributed by atoms with Gasteiger partial charge in [-0.15, -0.1) is 0 Å². The first kappa shape index (κ1) is 19.2. The minimum atomic E-state index is -5.08. The number of carbonyl (C=O) groups excluding carboxylic acids is 1. The van der Waals surface area contributed by atoms with E-state index in [1.807, 2.05) is 0 Å². The Kier molecular flexibility index (Phi) is 4.86. The van der Waals surface area contributed by atoms with Crippen molar-refractivity contribution in [1.82, 2.24) is 15.3 Å². The van der Waals surface area contributed by atoms with Gasteiger partial charge in [0.25, 0.3) is 0 Å². The first-order valence-electron chi connectivity index (χ1n) is 7.72. The zero-order valence-electron chi connectivity index (χ0n) is 14.1. The van der Waals surface area contributed by atoms with Crippen molar-refractivity contribution in [2.24, 2.45) is 11.3 Å². The average molecular weight is 362 g/mol. The number of nitrogens with one attached hydrogen (secondary N) is 3. The molecule has 1 aromatic rings. The lowest BCUT2D eigenvalue weighted by molar-refractivity contribution is -0.192. The highest BCUT2D eigenvalue weighted by molar-refractivity contribution is 5.94. The Morgan fingerprint density at radius 1 is 1.32 bits per heavy atom. The summed E-state index contributed by atoms with van der Waals surface area (Å²) in [7, 11) is 0. The van der Waals surface area contributed by atoms with Crippen LogP contribution < -0.4 is 10.6 Å². The highest BCUT2D eigenvalue weighted by Gasteiger charge is 2.61. The van der Waals surface area contributed by atoms with Gasteiger partial charge in [-0.1, -0.05) is 20.8 Å². The number of alkyl halides is 3. The number of rotatable bonds is 2. The third-order valence-corrected chi connectivity index (χ3v) is 4.33. The number of hydrogen-bond acceptors (Lipinski definition) is 4. The Morgan fingerprint density at radius 2 is 1.88 bits per heavy atom. The highest BCUT2D eigenvalue weighted by atomic mass is 19.4. The number of halogens is 3. The van der Waals surface area contributed by atoms with Crippen LogP contribution in [0, 0.1) is 11.3 Å². The standard InChI is InChI=1S/C13H20N4O.C2HF3O2/c1-12(2,3)9-5-15-11(16-9)17-10(18)8-4-13(8)6-14-7-13;3-2(4,5)1(6)7/h5,8,14H,4,6-7H2,1-3H3,(H2,15,16,17,18);(H,6,7). The second-order valence-electron chi connectivity index (χ2n) is 7.41. The quantitative estimate of drug-likeness (QED) is 0.643. The summed E-state index contributed by atoms with van der Waals surface area (Å²) >= 11 is 0. The average Bonchev–Trinajstić information content (AvgIpc) is 3.03. The van der Waals surface area contributed by atoms with Gasteiger partial charge in [0.15, 0.2) is 0 Å². The van der Waals surface area contributed by atoms with Crippen LogP contribution in [0.3, 0.4) is 0 Å². The molecule has 1 atom stereocenters. The zero-order chi connectivity index (χ0) is 19.0. The lowest BCUT2D eigenvalue weighted by Gasteiger charge is -2.28. The maximum absolute atomic E-state index is 12.0. The lowest BCUT2D eigenvalue weighted by atomic mass is 9.93. The molecule has 1 aliphatic heterocycles. The number of hydrogen-bond donors (Lipinski definition) is 4. The van der Waals surface area contributed by atoms with Gasteiger partial charge in [0, 0.05) is 35.5 Å². The zero-order valence-corrected chi connectivity index (χ0v) is 14.1. The first-order valence-corrected chi connectivity index (χ1v) is 7.72. The van der Waals surface area contributed by atoms with E-state index >= 15 is 0 Å². The molecular formula is C15H21F3N4O3. The predicted molar refractivity (Wildman–Crippen MR) is 83.0 cm³/mol. The highest BCUT2D eigenvalue weighted by Crippen LogP contribution is 2.55. The van der Waals surface area contributed by atoms with Crippen molar-refractivity contribution >= 4 is 17.8 Å². The molecule has 1 spiro atoms. The molecule has 2 fully saturated rings. The maximum atomic E-state index is 12.0. The summed E-state index contributed by atoms with van der Waals surface area (Å²) in [6, 6.07) is 0. The van der Waals surface area contributed by atoms with Crippen LogP contribution in [0.1, 0.15) is 32.9 Å². The van der Waals surface area contributed by atoms with Gasteiger partial charge in [-0.2, -0.15) is 13.2 Å². The number of nitrogens with zero attached hydrogens (tertiary/aromatic N) is 1. The number of aromatic amines is 1. The van der Waals surface area contributed by atoms with Gasteiger partial charge >= 0.3 is 12.1 Å². The van der Waals surface area contributed by atoms with Crippen LogP contribution in [0.15, 0.2) is 6.20 Å². The van der Waals surface area contributed by atoms with E-state index in [9.17, 15) is 18.0 Å². The molecular weight excluding hydrogens is 341 g/mol. The minimum absolute atomic E-state index is 0.0225. The summed E-state index contributed by atoms with van der Waals surface area (Å²) in [5.74, 6) is -1.92. The van der Waals surface area contributed by atoms with Crippen LogP contribution >= 0.6 is 0 Å². The maximum Gasteiger partial charge on any atom is 0.490 e. The van der Waals surface area contributed by atoms with Crippen molar-refractivity contribution < 1.29 is 27.9 Å². The predicted octanol–water partition coefficient (Wildman–Crippen LogP) is 1.89. The number of aromatic nitrogens is 2. The number of anilines is 1. The Bertz CT molecular complexity index is 660. The Hall–Kier alpha value is -2.10. The van der Waals surface area contributed by atoms with Gasteiger partial charge in [0.2, 0.25) is 11.9 Å². The van der Waals surface area contributed by atoms with E-state index in [-0.39, 0.29) is 22.7 Å². The van der Waals surface area contributed by atoms with Crippen LogP contribution in [-0.4, -0.2) is 46.2 Å². The first-order chi connectivity index (χ1) is 11.3. The Balaban J connectivity index is 0.000000277. The van der Waals surface area contributed by atoms with Gasteiger partial charge in [-0.25, -0.2) is 9.78 Å². The molecule has 2 heterocycles. The fourth-order valence-corrected chi connectivity index (χ4v) is 2.52. The smallest absolute Gasteiger partial charge is 0.475 e. The number of carboxylic acids is 1. The molecule has 1 saturated carbocycles. The molecule has 0 bridgehead atoms. The van der Waals surface area contributed by atoms with E-state index in [0.29, 0.717) is 5.95 Å². The number of imidazole rings is 1. The molecule has 10 heteroatoms. The van der Waals surface area contributed by atoms with Gasteiger partial charge in [0.1, 0.15) is 0 Å². The van der Waals surface area contributed by atoms with Crippen LogP contribution in [0.25, 0.3) is 0 Å². The fraction of sp³-hybridized carbons (Fsp3) is 0.667. The van der Waals surface area contributed by atoms with Gasteiger partial charge in [-0.05, 0) is 6.42 Å². The third-order valence-electron chi connectivity index (χ3n) is 4.33. The van der Waals surface area contributed by atoms with Crippen molar-refractivity contribution in [1.29, 1.82) is 0 Å². The number of carboxylic acid groups (broad SMARTS) is 1. The molecule has 25 heavy (non-hydrogen) atoms. The van der Waals surface area contributed by atoms with Gasteiger partial charge < -0.3 is 15.4 Å². The van der Waals surface area contributed by atoms with Crippen LogP contribution in [0.5, 0.6) is 0 Å². The fourth-order valence-electron chi connectivity index (χ4n) is 2.52. The van der Waals surface area contributed by atoms with E-state index < -0.39 is 12.1 Å². The monoisotopic (exact) mass is 362 g/mol. The van der Waals surface area contributed by atoms with Crippen molar-refractivity contribution in [2.75, 3.05) is 18.4 Å². The normalized spacial score (nSPS) is 21.0. The molecule has 0 radical (unpaired) electrons. The minimum Gasteiger partial charge on any atom is -0.475 e. The number of H-pyrrole nitrogens is 1. The van der Waals surface area contributed by atoms with E-state index in [1.54, 1.807) is 6.20 Å². The molecule has 1 unspecified atom stereocenters. The topological polar surface area (TPSA) is 107 Å². The summed E-state index contributed by atoms with van der Waals surface area (Å²) in [5, 5.41) is 13.2. The van der Waals surface area contributed by atoms with Crippen molar-refractivity contribution in [3.63, 3.8) is 0 Å². The summed E-state index contributed by atoms with van der Waals surface area (Å²) < 4.78 is 31.7. The molecule has 1 aliphatic carbocycles. The molecule has 0 aromatic carbocycles. The Labute approximate surface area is 142 Å². The van der Waals surface area contributed by atoms with E-state index in [4.69, 9.17) is 9.90 Å². The van der Waals surface area contributed by atoms with Crippen LogP contribution in [0.2, 0.25) is 0 Å². The van der Waals surface area contributed by atoms with E-state index in [0.717, 1.165) is 25.2 Å². The molecule has 4 N–H and O–H groups in total. The second-order valence-corrected chi connectivity index (χ2v) is 7.41. The second kappa shape index (κ2) is 6.32. The van der Waals surface area contributed by atoms with Crippen molar-refractivity contribution in [3.8, 4) is 0 Å². The third kappa shape index (κ3) is 4.50. The summed E-state index contributed by atoms with van der Waals surface area (Å²) in [6.45, 7) is 8.30. The molecule has 7 nitrogen and oxygen atoms in total. The lowest BCUT2D eigenvalue weighted by Crippen LogP contribution is -2.46.